The van der Waals surface area contributed by atoms with Crippen LogP contribution in [0.2, 0.25) is 5.02 Å². The van der Waals surface area contributed by atoms with Gasteiger partial charge in [-0.2, -0.15) is 0 Å². The zero-order chi connectivity index (χ0) is 14.9. The number of halogens is 3. The lowest BCUT2D eigenvalue weighted by molar-refractivity contribution is 0.0820. The van der Waals surface area contributed by atoms with Crippen LogP contribution in [-0.2, 0) is 0 Å². The van der Waals surface area contributed by atoms with Crippen LogP contribution in [0.25, 0.3) is 10.9 Å². The van der Waals surface area contributed by atoms with Gasteiger partial charge >= 0.3 is 0 Å². The number of fused-ring (bicyclic) bond motifs is 1. The second-order valence-electron chi connectivity index (χ2n) is 4.78. The lowest BCUT2D eigenvalue weighted by Crippen LogP contribution is -2.13. The molecule has 0 aliphatic rings. The summed E-state index contributed by atoms with van der Waals surface area (Å²) in [6.45, 7) is 3.09. The summed E-state index contributed by atoms with van der Waals surface area (Å²) in [6.07, 6.45) is -2.58. The first-order valence-corrected chi connectivity index (χ1v) is 6.53. The van der Waals surface area contributed by atoms with E-state index in [0.29, 0.717) is 11.1 Å². The Balaban J connectivity index is 2.49. The summed E-state index contributed by atoms with van der Waals surface area (Å²) in [7, 11) is 0. The summed E-state index contributed by atoms with van der Waals surface area (Å²) in [6, 6.07) is 4.81. The normalized spacial score (nSPS) is 11.6. The summed E-state index contributed by atoms with van der Waals surface area (Å²) >= 11 is 6.00. The molecule has 0 aliphatic carbocycles. The van der Waals surface area contributed by atoms with Gasteiger partial charge in [-0.05, 0) is 18.1 Å². The molecule has 1 aromatic heterocycles. The predicted octanol–water partition coefficient (Wildman–Crippen LogP) is 3.95. The van der Waals surface area contributed by atoms with Crippen LogP contribution < -0.4 is 10.3 Å². The molecular formula is C14H14ClF2NO2. The largest absolute Gasteiger partial charge is 0.486 e. The van der Waals surface area contributed by atoms with Crippen LogP contribution in [-0.4, -0.2) is 18.0 Å². The van der Waals surface area contributed by atoms with Crippen molar-refractivity contribution < 1.29 is 13.5 Å². The molecule has 2 aromatic rings. The Morgan fingerprint density at radius 1 is 1.30 bits per heavy atom. The fourth-order valence-electron chi connectivity index (χ4n) is 1.92. The van der Waals surface area contributed by atoms with E-state index >= 15 is 0 Å². The van der Waals surface area contributed by atoms with E-state index in [1.807, 2.05) is 13.8 Å². The molecule has 1 N–H and O–H groups in total. The van der Waals surface area contributed by atoms with Gasteiger partial charge in [0.2, 0.25) is 0 Å². The van der Waals surface area contributed by atoms with Gasteiger partial charge in [0.15, 0.2) is 0 Å². The van der Waals surface area contributed by atoms with E-state index in [0.717, 1.165) is 5.39 Å². The van der Waals surface area contributed by atoms with Crippen molar-refractivity contribution in [3.63, 3.8) is 0 Å². The first-order chi connectivity index (χ1) is 9.38. The molecule has 0 spiro atoms. The van der Waals surface area contributed by atoms with Gasteiger partial charge in [-0.3, -0.25) is 4.79 Å². The summed E-state index contributed by atoms with van der Waals surface area (Å²) in [5.41, 5.74) is 0.956. The van der Waals surface area contributed by atoms with Gasteiger partial charge in [-0.1, -0.05) is 25.4 Å². The Kier molecular flexibility index (Phi) is 4.28. The number of aromatic amines is 1. The number of hydrogen-bond acceptors (Lipinski definition) is 2. The van der Waals surface area contributed by atoms with Gasteiger partial charge in [0.1, 0.15) is 12.4 Å². The lowest BCUT2D eigenvalue weighted by atomic mass is 10.0. The van der Waals surface area contributed by atoms with Crippen molar-refractivity contribution in [1.29, 1.82) is 0 Å². The highest BCUT2D eigenvalue weighted by atomic mass is 35.5. The average Bonchev–Trinajstić information content (AvgIpc) is 2.35. The maximum absolute atomic E-state index is 12.1. The molecule has 1 aromatic carbocycles. The summed E-state index contributed by atoms with van der Waals surface area (Å²) < 4.78 is 29.2. The van der Waals surface area contributed by atoms with Crippen molar-refractivity contribution in [2.24, 2.45) is 0 Å². The third-order valence-electron chi connectivity index (χ3n) is 2.91. The Morgan fingerprint density at radius 3 is 2.60 bits per heavy atom. The van der Waals surface area contributed by atoms with E-state index in [4.69, 9.17) is 16.3 Å². The molecule has 3 nitrogen and oxygen atoms in total. The maximum Gasteiger partial charge on any atom is 0.272 e. The molecule has 0 radical (unpaired) electrons. The van der Waals surface area contributed by atoms with Gasteiger partial charge in [0.05, 0.1) is 10.5 Å². The monoisotopic (exact) mass is 301 g/mol. The van der Waals surface area contributed by atoms with Gasteiger partial charge in [0, 0.05) is 17.0 Å². The van der Waals surface area contributed by atoms with Crippen molar-refractivity contribution in [3.05, 3.63) is 39.1 Å². The van der Waals surface area contributed by atoms with E-state index in [2.05, 4.69) is 4.98 Å². The molecule has 0 saturated heterocycles. The maximum atomic E-state index is 12.1. The minimum Gasteiger partial charge on any atom is -0.486 e. The first kappa shape index (κ1) is 14.8. The Bertz CT molecular complexity index is 683. The van der Waals surface area contributed by atoms with Crippen LogP contribution in [0.5, 0.6) is 5.75 Å². The number of nitrogens with one attached hydrogen (secondary N) is 1. The molecule has 0 amide bonds. The molecule has 108 valence electrons. The van der Waals surface area contributed by atoms with Crippen LogP contribution in [0.15, 0.2) is 23.0 Å². The minimum absolute atomic E-state index is 0.0803. The highest BCUT2D eigenvalue weighted by molar-refractivity contribution is 6.32. The second-order valence-corrected chi connectivity index (χ2v) is 5.19. The number of benzene rings is 1. The number of hydrogen-bond donors (Lipinski definition) is 1. The molecule has 6 heteroatoms. The van der Waals surface area contributed by atoms with Crippen LogP contribution in [0.1, 0.15) is 25.3 Å². The number of aromatic nitrogens is 1. The molecule has 0 saturated carbocycles. The fraction of sp³-hybridized carbons (Fsp3) is 0.357. The summed E-state index contributed by atoms with van der Waals surface area (Å²) in [4.78, 5) is 14.6. The van der Waals surface area contributed by atoms with Crippen molar-refractivity contribution in [2.75, 3.05) is 6.61 Å². The lowest BCUT2D eigenvalue weighted by Gasteiger charge is -2.10. The Morgan fingerprint density at radius 2 is 2.00 bits per heavy atom. The predicted molar refractivity (Wildman–Crippen MR) is 75.2 cm³/mol. The third-order valence-corrected chi connectivity index (χ3v) is 3.21. The zero-order valence-electron chi connectivity index (χ0n) is 11.0. The molecule has 0 aliphatic heterocycles. The van der Waals surface area contributed by atoms with Crippen LogP contribution in [0.4, 0.5) is 8.78 Å². The quantitative estimate of drug-likeness (QED) is 0.929. The van der Waals surface area contributed by atoms with E-state index in [-0.39, 0.29) is 22.2 Å². The van der Waals surface area contributed by atoms with E-state index in [1.54, 1.807) is 12.1 Å². The fourth-order valence-corrected chi connectivity index (χ4v) is 2.14. The van der Waals surface area contributed by atoms with Crippen molar-refractivity contribution in [1.82, 2.24) is 4.98 Å². The zero-order valence-corrected chi connectivity index (χ0v) is 11.8. The Labute approximate surface area is 119 Å². The van der Waals surface area contributed by atoms with E-state index < -0.39 is 13.0 Å². The SMILES string of the molecule is CC(C)c1cc2cc(Cl)c(OCC(F)F)cc2[nH]c1=O. The summed E-state index contributed by atoms with van der Waals surface area (Å²) in [5, 5.41) is 0.975. The topological polar surface area (TPSA) is 42.1 Å². The molecule has 0 fully saturated rings. The standard InChI is InChI=1S/C14H14ClF2NO2/c1-7(2)9-3-8-4-10(15)12(20-6-13(16)17)5-11(8)18-14(9)19/h3-5,7,13H,6H2,1-2H3,(H,18,19). The van der Waals surface area contributed by atoms with Gasteiger partial charge in [-0.15, -0.1) is 0 Å². The molecule has 0 atom stereocenters. The summed E-state index contributed by atoms with van der Waals surface area (Å²) in [5.74, 6) is 0.212. The van der Waals surface area contributed by atoms with E-state index in [1.165, 1.54) is 6.07 Å². The van der Waals surface area contributed by atoms with Crippen LogP contribution in [0, 0.1) is 0 Å². The van der Waals surface area contributed by atoms with Gasteiger partial charge < -0.3 is 9.72 Å². The third kappa shape index (κ3) is 3.10. The number of H-pyrrole nitrogens is 1. The number of rotatable bonds is 4. The first-order valence-electron chi connectivity index (χ1n) is 6.16. The van der Waals surface area contributed by atoms with Crippen molar-refractivity contribution in [2.45, 2.75) is 26.2 Å². The highest BCUT2D eigenvalue weighted by Crippen LogP contribution is 2.30. The van der Waals surface area contributed by atoms with Crippen molar-refractivity contribution in [3.8, 4) is 5.75 Å². The van der Waals surface area contributed by atoms with Crippen LogP contribution in [0.3, 0.4) is 0 Å². The van der Waals surface area contributed by atoms with Crippen LogP contribution >= 0.6 is 11.6 Å². The minimum atomic E-state index is -2.58. The number of ether oxygens (including phenoxy) is 1. The number of alkyl halides is 2. The number of pyridine rings is 1. The highest BCUT2D eigenvalue weighted by Gasteiger charge is 2.11. The van der Waals surface area contributed by atoms with Gasteiger partial charge in [-0.25, -0.2) is 8.78 Å². The molecule has 20 heavy (non-hydrogen) atoms. The van der Waals surface area contributed by atoms with Crippen molar-refractivity contribution >= 4 is 22.5 Å². The molecule has 1 heterocycles. The van der Waals surface area contributed by atoms with E-state index in [9.17, 15) is 13.6 Å². The van der Waals surface area contributed by atoms with Gasteiger partial charge in [0.25, 0.3) is 12.0 Å². The molecule has 0 bridgehead atoms. The molecular weight excluding hydrogens is 288 g/mol. The second kappa shape index (κ2) is 5.79. The smallest absolute Gasteiger partial charge is 0.272 e. The molecule has 0 unspecified atom stereocenters. The Hall–Kier alpha value is -1.62. The average molecular weight is 302 g/mol. The molecule has 2 rings (SSSR count).